The first-order valence-corrected chi connectivity index (χ1v) is 7.37. The summed E-state index contributed by atoms with van der Waals surface area (Å²) in [5.74, 6) is -0.646. The highest BCUT2D eigenvalue weighted by atomic mass is 19.1. The Morgan fingerprint density at radius 3 is 2.83 bits per heavy atom. The number of hydrogen-bond donors (Lipinski definition) is 1. The van der Waals surface area contributed by atoms with Crippen molar-refractivity contribution in [1.82, 2.24) is 14.7 Å². The molecular formula is C16H18FN3O3. The predicted molar refractivity (Wildman–Crippen MR) is 80.4 cm³/mol. The van der Waals surface area contributed by atoms with Crippen molar-refractivity contribution in [3.05, 3.63) is 48.0 Å². The Hall–Kier alpha value is -2.25. The first-order valence-electron chi connectivity index (χ1n) is 7.37. The molecule has 7 heteroatoms. The number of likely N-dealkylation sites (tertiary alicyclic amines) is 1. The zero-order valence-corrected chi connectivity index (χ0v) is 12.7. The van der Waals surface area contributed by atoms with Gasteiger partial charge in [0.25, 0.3) is 0 Å². The van der Waals surface area contributed by atoms with E-state index in [0.717, 1.165) is 11.4 Å². The number of esters is 1. The van der Waals surface area contributed by atoms with E-state index in [1.165, 1.54) is 19.2 Å². The average molecular weight is 319 g/mol. The number of benzene rings is 1. The van der Waals surface area contributed by atoms with Crippen LogP contribution in [0.25, 0.3) is 5.69 Å². The summed E-state index contributed by atoms with van der Waals surface area (Å²) in [6, 6.07) is 7.42. The maximum absolute atomic E-state index is 13.0. The molecule has 23 heavy (non-hydrogen) atoms. The highest BCUT2D eigenvalue weighted by molar-refractivity contribution is 5.76. The second kappa shape index (κ2) is 6.47. The number of halogens is 1. The Labute approximate surface area is 133 Å². The normalized spacial score (nSPS) is 21.5. The number of nitrogens with zero attached hydrogens (tertiary/aromatic N) is 3. The van der Waals surface area contributed by atoms with E-state index >= 15 is 0 Å². The monoisotopic (exact) mass is 319 g/mol. The highest BCUT2D eigenvalue weighted by Crippen LogP contribution is 2.21. The molecule has 0 bridgehead atoms. The van der Waals surface area contributed by atoms with Crippen LogP contribution in [0.4, 0.5) is 4.39 Å². The van der Waals surface area contributed by atoms with E-state index in [1.807, 2.05) is 11.0 Å². The summed E-state index contributed by atoms with van der Waals surface area (Å²) >= 11 is 0. The van der Waals surface area contributed by atoms with Crippen LogP contribution in [-0.4, -0.2) is 51.6 Å². The number of carbonyl (C=O) groups is 1. The van der Waals surface area contributed by atoms with E-state index in [2.05, 4.69) is 5.10 Å². The summed E-state index contributed by atoms with van der Waals surface area (Å²) < 4.78 is 19.4. The molecule has 2 aromatic rings. The molecule has 1 N–H and O–H groups in total. The predicted octanol–water partition coefficient (Wildman–Crippen LogP) is 1.12. The van der Waals surface area contributed by atoms with Gasteiger partial charge in [-0.3, -0.25) is 9.69 Å². The van der Waals surface area contributed by atoms with Crippen LogP contribution in [0.5, 0.6) is 0 Å². The van der Waals surface area contributed by atoms with Crippen LogP contribution in [0.1, 0.15) is 12.1 Å². The van der Waals surface area contributed by atoms with Crippen LogP contribution in [0, 0.1) is 5.82 Å². The number of β-amino-alcohol motifs (C(OH)–C–C–N with tert-alkyl or cyclic N) is 1. The maximum atomic E-state index is 13.0. The van der Waals surface area contributed by atoms with Crippen LogP contribution in [-0.2, 0) is 16.1 Å². The van der Waals surface area contributed by atoms with E-state index in [0.29, 0.717) is 19.5 Å². The molecule has 1 aliphatic heterocycles. The Morgan fingerprint density at radius 1 is 1.39 bits per heavy atom. The summed E-state index contributed by atoms with van der Waals surface area (Å²) in [7, 11) is 1.34. The van der Waals surface area contributed by atoms with Crippen LogP contribution in [0.15, 0.2) is 36.5 Å². The number of aliphatic hydroxyl groups is 1. The molecule has 0 radical (unpaired) electrons. The molecular weight excluding hydrogens is 301 g/mol. The van der Waals surface area contributed by atoms with Crippen molar-refractivity contribution in [3.63, 3.8) is 0 Å². The number of methoxy groups -OCH3 is 1. The van der Waals surface area contributed by atoms with Crippen LogP contribution in [0.3, 0.4) is 0 Å². The van der Waals surface area contributed by atoms with Gasteiger partial charge in [-0.05, 0) is 30.3 Å². The van der Waals surface area contributed by atoms with Gasteiger partial charge in [0.15, 0.2) is 0 Å². The van der Waals surface area contributed by atoms with Crippen LogP contribution < -0.4 is 0 Å². The second-order valence-electron chi connectivity index (χ2n) is 5.59. The minimum absolute atomic E-state index is 0.298. The van der Waals surface area contributed by atoms with Gasteiger partial charge in [-0.2, -0.15) is 5.10 Å². The van der Waals surface area contributed by atoms with E-state index in [4.69, 9.17) is 4.74 Å². The number of ether oxygens (including phenoxy) is 1. The number of hydrogen-bond acceptors (Lipinski definition) is 5. The lowest BCUT2D eigenvalue weighted by atomic mass is 10.2. The molecule has 0 aliphatic carbocycles. The van der Waals surface area contributed by atoms with Crippen LogP contribution in [0.2, 0.25) is 0 Å². The summed E-state index contributed by atoms with van der Waals surface area (Å²) in [4.78, 5) is 13.6. The zero-order valence-electron chi connectivity index (χ0n) is 12.7. The fourth-order valence-electron chi connectivity index (χ4n) is 2.83. The molecule has 0 saturated carbocycles. The van der Waals surface area contributed by atoms with E-state index in [-0.39, 0.29) is 11.8 Å². The van der Waals surface area contributed by atoms with Gasteiger partial charge >= 0.3 is 5.97 Å². The standard InChI is InChI=1S/C16H18FN3O3/c1-23-16(22)15-8-14(21)10-19(15)9-12-6-7-20(18-12)13-4-2-11(17)3-5-13/h2-7,14-15,21H,8-10H2,1H3/t14-,15+/m1/s1. The lowest BCUT2D eigenvalue weighted by molar-refractivity contribution is -0.146. The summed E-state index contributed by atoms with van der Waals surface area (Å²) in [6.07, 6.45) is 1.60. The average Bonchev–Trinajstić information content (AvgIpc) is 3.14. The molecule has 0 unspecified atom stereocenters. The minimum Gasteiger partial charge on any atom is -0.468 e. The molecule has 6 nitrogen and oxygen atoms in total. The molecule has 1 saturated heterocycles. The third kappa shape index (κ3) is 3.40. The number of aliphatic hydroxyl groups excluding tert-OH is 1. The highest BCUT2D eigenvalue weighted by Gasteiger charge is 2.36. The summed E-state index contributed by atoms with van der Waals surface area (Å²) in [6.45, 7) is 0.841. The molecule has 0 amide bonds. The van der Waals surface area contributed by atoms with E-state index in [1.54, 1.807) is 23.0 Å². The van der Waals surface area contributed by atoms with Gasteiger partial charge in [-0.1, -0.05) is 0 Å². The third-order valence-corrected chi connectivity index (χ3v) is 3.96. The molecule has 1 aromatic heterocycles. The Bertz CT molecular complexity index is 686. The van der Waals surface area contributed by atoms with Crippen molar-refractivity contribution < 1.29 is 19.0 Å². The van der Waals surface area contributed by atoms with Gasteiger partial charge in [-0.25, -0.2) is 9.07 Å². The van der Waals surface area contributed by atoms with Gasteiger partial charge < -0.3 is 9.84 Å². The first kappa shape index (κ1) is 15.6. The molecule has 122 valence electrons. The quantitative estimate of drug-likeness (QED) is 0.856. The Kier molecular flexibility index (Phi) is 4.40. The fraction of sp³-hybridized carbons (Fsp3) is 0.375. The van der Waals surface area contributed by atoms with Crippen molar-refractivity contribution in [2.45, 2.75) is 25.1 Å². The molecule has 1 aliphatic rings. The smallest absolute Gasteiger partial charge is 0.323 e. The molecule has 1 aromatic carbocycles. The number of aromatic nitrogens is 2. The molecule has 0 spiro atoms. The van der Waals surface area contributed by atoms with Gasteiger partial charge in [-0.15, -0.1) is 0 Å². The SMILES string of the molecule is COC(=O)[C@@H]1C[C@@H](O)CN1Cc1ccn(-c2ccc(F)cc2)n1. The maximum Gasteiger partial charge on any atom is 0.323 e. The van der Waals surface area contributed by atoms with Gasteiger partial charge in [0.1, 0.15) is 11.9 Å². The van der Waals surface area contributed by atoms with Crippen LogP contribution >= 0.6 is 0 Å². The lowest BCUT2D eigenvalue weighted by Gasteiger charge is -2.20. The second-order valence-corrected chi connectivity index (χ2v) is 5.59. The van der Waals surface area contributed by atoms with Gasteiger partial charge in [0.05, 0.1) is 24.6 Å². The Morgan fingerprint density at radius 2 is 2.13 bits per heavy atom. The molecule has 2 heterocycles. The fourth-order valence-corrected chi connectivity index (χ4v) is 2.83. The van der Waals surface area contributed by atoms with Crippen molar-refractivity contribution >= 4 is 5.97 Å². The van der Waals surface area contributed by atoms with E-state index in [9.17, 15) is 14.3 Å². The Balaban J connectivity index is 1.73. The van der Waals surface area contributed by atoms with Crippen molar-refractivity contribution in [1.29, 1.82) is 0 Å². The topological polar surface area (TPSA) is 67.6 Å². The van der Waals surface area contributed by atoms with Crippen molar-refractivity contribution in [2.75, 3.05) is 13.7 Å². The summed E-state index contributed by atoms with van der Waals surface area (Å²) in [5, 5.41) is 14.2. The molecule has 3 rings (SSSR count). The number of rotatable bonds is 4. The summed E-state index contributed by atoms with van der Waals surface area (Å²) in [5.41, 5.74) is 1.51. The van der Waals surface area contributed by atoms with Crippen molar-refractivity contribution in [2.24, 2.45) is 0 Å². The molecule has 1 fully saturated rings. The first-order chi connectivity index (χ1) is 11.1. The lowest BCUT2D eigenvalue weighted by Crippen LogP contribution is -2.36. The van der Waals surface area contributed by atoms with Gasteiger partial charge in [0.2, 0.25) is 0 Å². The van der Waals surface area contributed by atoms with Crippen molar-refractivity contribution in [3.8, 4) is 5.69 Å². The van der Waals surface area contributed by atoms with E-state index < -0.39 is 12.1 Å². The number of carbonyl (C=O) groups excluding carboxylic acids is 1. The third-order valence-electron chi connectivity index (χ3n) is 3.96. The minimum atomic E-state index is -0.543. The zero-order chi connectivity index (χ0) is 16.4. The largest absolute Gasteiger partial charge is 0.468 e. The van der Waals surface area contributed by atoms with Gasteiger partial charge in [0, 0.05) is 25.7 Å². The molecule has 2 atom stereocenters.